The van der Waals surface area contributed by atoms with Gasteiger partial charge in [-0.3, -0.25) is 0 Å². The lowest BCUT2D eigenvalue weighted by Crippen LogP contribution is -2.37. The molecule has 17 heavy (non-hydrogen) atoms. The number of benzene rings is 1. The zero-order valence-electron chi connectivity index (χ0n) is 10.3. The van der Waals surface area contributed by atoms with Gasteiger partial charge in [-0.05, 0) is 19.4 Å². The van der Waals surface area contributed by atoms with Crippen LogP contribution in [0.4, 0.5) is 4.79 Å². The van der Waals surface area contributed by atoms with Gasteiger partial charge in [0.1, 0.15) is 5.60 Å². The highest BCUT2D eigenvalue weighted by atomic mass is 16.6. The molecule has 0 bridgehead atoms. The van der Waals surface area contributed by atoms with E-state index in [1.165, 1.54) is 0 Å². The molecule has 2 N–H and O–H groups in total. The Bertz CT molecular complexity index is 349. The molecular weight excluding hydrogens is 218 g/mol. The van der Waals surface area contributed by atoms with Crippen molar-refractivity contribution in [2.75, 3.05) is 13.2 Å². The number of amides is 1. The summed E-state index contributed by atoms with van der Waals surface area (Å²) >= 11 is 0. The van der Waals surface area contributed by atoms with E-state index in [4.69, 9.17) is 9.84 Å². The van der Waals surface area contributed by atoms with Gasteiger partial charge in [0.2, 0.25) is 0 Å². The molecule has 1 aromatic carbocycles. The molecule has 4 nitrogen and oxygen atoms in total. The molecule has 1 rings (SSSR count). The Labute approximate surface area is 102 Å². The molecule has 0 heterocycles. The summed E-state index contributed by atoms with van der Waals surface area (Å²) in [4.78, 5) is 11.4. The Hall–Kier alpha value is -1.55. The van der Waals surface area contributed by atoms with E-state index in [2.05, 4.69) is 5.32 Å². The topological polar surface area (TPSA) is 58.6 Å². The number of alkyl carbamates (subject to hydrolysis) is 1. The van der Waals surface area contributed by atoms with Crippen LogP contribution in [0.15, 0.2) is 30.3 Å². The largest absolute Gasteiger partial charge is 0.443 e. The van der Waals surface area contributed by atoms with Crippen LogP contribution in [0.3, 0.4) is 0 Å². The van der Waals surface area contributed by atoms with Gasteiger partial charge in [-0.15, -0.1) is 0 Å². The van der Waals surface area contributed by atoms with Gasteiger partial charge >= 0.3 is 6.09 Å². The number of hydrogen-bond acceptors (Lipinski definition) is 3. The Morgan fingerprint density at radius 1 is 1.35 bits per heavy atom. The number of aliphatic hydroxyl groups excluding tert-OH is 1. The Morgan fingerprint density at radius 3 is 2.59 bits per heavy atom. The van der Waals surface area contributed by atoms with Crippen LogP contribution in [0.25, 0.3) is 0 Å². The van der Waals surface area contributed by atoms with Crippen LogP contribution in [-0.2, 0) is 11.2 Å². The average Bonchev–Trinajstić information content (AvgIpc) is 2.26. The quantitative estimate of drug-likeness (QED) is 0.820. The first-order valence-electron chi connectivity index (χ1n) is 5.65. The minimum atomic E-state index is -0.569. The number of nitrogens with one attached hydrogen (secondary N) is 1. The zero-order valence-corrected chi connectivity index (χ0v) is 10.3. The van der Waals surface area contributed by atoms with Gasteiger partial charge in [-0.1, -0.05) is 30.3 Å². The molecule has 0 saturated carbocycles. The lowest BCUT2D eigenvalue weighted by Gasteiger charge is -2.25. The molecule has 94 valence electrons. The summed E-state index contributed by atoms with van der Waals surface area (Å²) in [6.07, 6.45) is 0.153. The van der Waals surface area contributed by atoms with E-state index in [1.807, 2.05) is 44.2 Å². The molecule has 0 saturated heterocycles. The van der Waals surface area contributed by atoms with Crippen molar-refractivity contribution < 1.29 is 14.6 Å². The molecule has 4 heteroatoms. The van der Waals surface area contributed by atoms with Gasteiger partial charge in [0.05, 0.1) is 6.61 Å². The lowest BCUT2D eigenvalue weighted by molar-refractivity contribution is 0.0385. The summed E-state index contributed by atoms with van der Waals surface area (Å²) in [5.74, 6) is 0. The fourth-order valence-corrected chi connectivity index (χ4v) is 1.57. The van der Waals surface area contributed by atoms with Crippen LogP contribution < -0.4 is 5.32 Å². The smallest absolute Gasteiger partial charge is 0.407 e. The molecule has 1 amide bonds. The molecule has 0 aliphatic heterocycles. The van der Waals surface area contributed by atoms with Crippen molar-refractivity contribution in [2.24, 2.45) is 0 Å². The maximum Gasteiger partial charge on any atom is 0.407 e. The van der Waals surface area contributed by atoms with Gasteiger partial charge in [-0.2, -0.15) is 0 Å². The van der Waals surface area contributed by atoms with E-state index in [1.54, 1.807) is 0 Å². The number of carbonyl (C=O) groups excluding carboxylic acids is 1. The van der Waals surface area contributed by atoms with E-state index in [-0.39, 0.29) is 13.2 Å². The third-order valence-corrected chi connectivity index (χ3v) is 2.22. The molecule has 0 atom stereocenters. The Morgan fingerprint density at radius 2 is 2.00 bits per heavy atom. The van der Waals surface area contributed by atoms with Crippen LogP contribution in [0, 0.1) is 0 Å². The summed E-state index contributed by atoms with van der Waals surface area (Å²) in [5, 5.41) is 11.0. The van der Waals surface area contributed by atoms with Crippen LogP contribution in [-0.4, -0.2) is 30.0 Å². The Balaban J connectivity index is 2.48. The second kappa shape index (κ2) is 6.25. The van der Waals surface area contributed by atoms with E-state index in [0.717, 1.165) is 5.56 Å². The molecule has 1 aromatic rings. The van der Waals surface area contributed by atoms with Gasteiger partial charge in [0.15, 0.2) is 0 Å². The van der Waals surface area contributed by atoms with Gasteiger partial charge < -0.3 is 15.2 Å². The fourth-order valence-electron chi connectivity index (χ4n) is 1.57. The first kappa shape index (κ1) is 13.5. The molecule has 0 fully saturated rings. The van der Waals surface area contributed by atoms with Gasteiger partial charge in [0, 0.05) is 13.0 Å². The molecule has 0 aromatic heterocycles. The zero-order chi connectivity index (χ0) is 12.7. The highest BCUT2D eigenvalue weighted by Gasteiger charge is 2.23. The standard InChI is InChI=1S/C13H19NO3/c1-13(2,17-12(16)14-8-9-15)10-11-6-4-3-5-7-11/h3-7,15H,8-10H2,1-2H3,(H,14,16). The maximum absolute atomic E-state index is 11.4. The van der Waals surface area contributed by atoms with Gasteiger partial charge in [0.25, 0.3) is 0 Å². The van der Waals surface area contributed by atoms with Crippen LogP contribution in [0.5, 0.6) is 0 Å². The van der Waals surface area contributed by atoms with Crippen LogP contribution in [0.1, 0.15) is 19.4 Å². The summed E-state index contributed by atoms with van der Waals surface area (Å²) in [7, 11) is 0. The molecule has 0 unspecified atom stereocenters. The average molecular weight is 237 g/mol. The third-order valence-electron chi connectivity index (χ3n) is 2.22. The fraction of sp³-hybridized carbons (Fsp3) is 0.462. The van der Waals surface area contributed by atoms with E-state index in [9.17, 15) is 4.79 Å². The number of ether oxygens (including phenoxy) is 1. The van der Waals surface area contributed by atoms with E-state index in [0.29, 0.717) is 6.42 Å². The van der Waals surface area contributed by atoms with E-state index < -0.39 is 11.7 Å². The predicted octanol–water partition coefficient (Wildman–Crippen LogP) is 1.73. The lowest BCUT2D eigenvalue weighted by atomic mass is 9.98. The molecule has 0 aliphatic carbocycles. The highest BCUT2D eigenvalue weighted by Crippen LogP contribution is 2.16. The summed E-state index contributed by atoms with van der Waals surface area (Å²) in [6.45, 7) is 3.84. The normalized spacial score (nSPS) is 11.0. The van der Waals surface area contributed by atoms with Crippen molar-refractivity contribution in [3.05, 3.63) is 35.9 Å². The molecular formula is C13H19NO3. The number of rotatable bonds is 5. The van der Waals surface area contributed by atoms with Crippen LogP contribution in [0.2, 0.25) is 0 Å². The van der Waals surface area contributed by atoms with E-state index >= 15 is 0 Å². The first-order valence-corrected chi connectivity index (χ1v) is 5.65. The number of carbonyl (C=O) groups is 1. The predicted molar refractivity (Wildman–Crippen MR) is 65.8 cm³/mol. The second-order valence-corrected chi connectivity index (χ2v) is 4.46. The Kier molecular flexibility index (Phi) is 4.97. The van der Waals surface area contributed by atoms with Crippen molar-refractivity contribution in [2.45, 2.75) is 25.9 Å². The number of aliphatic hydroxyl groups is 1. The third kappa shape index (κ3) is 5.36. The van der Waals surface area contributed by atoms with Crippen molar-refractivity contribution >= 4 is 6.09 Å². The first-order chi connectivity index (χ1) is 8.03. The summed E-state index contributed by atoms with van der Waals surface area (Å²) in [6, 6.07) is 9.85. The molecule has 0 aliphatic rings. The SMILES string of the molecule is CC(C)(Cc1ccccc1)OC(=O)NCCO. The van der Waals surface area contributed by atoms with Gasteiger partial charge in [-0.25, -0.2) is 4.79 Å². The number of hydrogen-bond donors (Lipinski definition) is 2. The summed E-state index contributed by atoms with van der Waals surface area (Å²) < 4.78 is 5.28. The van der Waals surface area contributed by atoms with Crippen molar-refractivity contribution in [3.8, 4) is 0 Å². The van der Waals surface area contributed by atoms with Crippen molar-refractivity contribution in [3.63, 3.8) is 0 Å². The minimum absolute atomic E-state index is 0.0891. The monoisotopic (exact) mass is 237 g/mol. The second-order valence-electron chi connectivity index (χ2n) is 4.46. The van der Waals surface area contributed by atoms with Crippen LogP contribution >= 0.6 is 0 Å². The highest BCUT2D eigenvalue weighted by molar-refractivity contribution is 5.67. The molecule has 0 spiro atoms. The molecule has 0 radical (unpaired) electrons. The van der Waals surface area contributed by atoms with Crippen molar-refractivity contribution in [1.82, 2.24) is 5.32 Å². The summed E-state index contributed by atoms with van der Waals surface area (Å²) in [5.41, 5.74) is 0.549. The minimum Gasteiger partial charge on any atom is -0.443 e. The maximum atomic E-state index is 11.4. The van der Waals surface area contributed by atoms with Crippen molar-refractivity contribution in [1.29, 1.82) is 0 Å².